The van der Waals surface area contributed by atoms with Crippen LogP contribution in [0.25, 0.3) is 0 Å². The van der Waals surface area contributed by atoms with Crippen LogP contribution < -0.4 is 0 Å². The van der Waals surface area contributed by atoms with E-state index in [0.29, 0.717) is 23.7 Å². The predicted molar refractivity (Wildman–Crippen MR) is 65.4 cm³/mol. The summed E-state index contributed by atoms with van der Waals surface area (Å²) in [5, 5.41) is 9.38. The molecule has 1 aliphatic heterocycles. The van der Waals surface area contributed by atoms with Crippen molar-refractivity contribution in [3.63, 3.8) is 0 Å². The van der Waals surface area contributed by atoms with Crippen molar-refractivity contribution >= 4 is 5.91 Å². The molecule has 3 nitrogen and oxygen atoms in total. The van der Waals surface area contributed by atoms with Gasteiger partial charge in [0, 0.05) is 12.5 Å². The molecule has 0 aromatic heterocycles. The van der Waals surface area contributed by atoms with Crippen molar-refractivity contribution in [2.75, 3.05) is 13.2 Å². The predicted octanol–water partition coefficient (Wildman–Crippen LogP) is 1.80. The molecule has 1 amide bonds. The van der Waals surface area contributed by atoms with Gasteiger partial charge in [0.05, 0.1) is 12.6 Å². The van der Waals surface area contributed by atoms with Crippen LogP contribution in [-0.4, -0.2) is 35.1 Å². The maximum Gasteiger partial charge on any atom is 0.226 e. The van der Waals surface area contributed by atoms with E-state index in [-0.39, 0.29) is 12.6 Å². The molecule has 3 unspecified atom stereocenters. The van der Waals surface area contributed by atoms with E-state index in [1.54, 1.807) is 0 Å². The second kappa shape index (κ2) is 4.60. The van der Waals surface area contributed by atoms with Gasteiger partial charge in [-0.05, 0) is 43.9 Å². The van der Waals surface area contributed by atoms with Gasteiger partial charge in [-0.25, -0.2) is 0 Å². The first-order chi connectivity index (χ1) is 8.33. The number of hydrogen-bond acceptors (Lipinski definition) is 2. The molecule has 3 rings (SSSR count). The molecular formula is C14H23NO2. The summed E-state index contributed by atoms with van der Waals surface area (Å²) in [5.74, 6) is 2.07. The maximum absolute atomic E-state index is 12.5. The van der Waals surface area contributed by atoms with Gasteiger partial charge in [0.1, 0.15) is 0 Å². The van der Waals surface area contributed by atoms with E-state index in [0.717, 1.165) is 25.8 Å². The third-order valence-electron chi connectivity index (χ3n) is 5.06. The minimum Gasteiger partial charge on any atom is -0.394 e. The molecule has 3 aliphatic rings. The molecule has 0 radical (unpaired) electrons. The van der Waals surface area contributed by atoms with Gasteiger partial charge in [0.15, 0.2) is 0 Å². The van der Waals surface area contributed by atoms with Crippen molar-refractivity contribution in [1.82, 2.24) is 4.90 Å². The molecule has 0 spiro atoms. The van der Waals surface area contributed by atoms with E-state index < -0.39 is 0 Å². The van der Waals surface area contributed by atoms with E-state index >= 15 is 0 Å². The maximum atomic E-state index is 12.5. The average molecular weight is 237 g/mol. The zero-order valence-electron chi connectivity index (χ0n) is 10.5. The minimum absolute atomic E-state index is 0.110. The number of carbonyl (C=O) groups is 1. The Morgan fingerprint density at radius 1 is 1.06 bits per heavy atom. The molecule has 17 heavy (non-hydrogen) atoms. The highest BCUT2D eigenvalue weighted by molar-refractivity contribution is 5.82. The number of fused-ring (bicyclic) bond motifs is 1. The topological polar surface area (TPSA) is 40.5 Å². The molecule has 3 fully saturated rings. The van der Waals surface area contributed by atoms with Crippen molar-refractivity contribution in [2.24, 2.45) is 17.8 Å². The Hall–Kier alpha value is -0.570. The largest absolute Gasteiger partial charge is 0.394 e. The van der Waals surface area contributed by atoms with Crippen LogP contribution >= 0.6 is 0 Å². The van der Waals surface area contributed by atoms with E-state index in [1.165, 1.54) is 25.7 Å². The normalized spacial score (nSPS) is 40.9. The lowest BCUT2D eigenvalue weighted by Crippen LogP contribution is -2.46. The summed E-state index contributed by atoms with van der Waals surface area (Å²) >= 11 is 0. The van der Waals surface area contributed by atoms with E-state index in [4.69, 9.17) is 0 Å². The number of nitrogens with zero attached hydrogens (tertiary/aromatic N) is 1. The van der Waals surface area contributed by atoms with Gasteiger partial charge in [-0.2, -0.15) is 0 Å². The minimum atomic E-state index is 0.110. The Morgan fingerprint density at radius 2 is 1.71 bits per heavy atom. The summed E-state index contributed by atoms with van der Waals surface area (Å²) in [4.78, 5) is 14.5. The molecule has 96 valence electrons. The molecule has 1 saturated heterocycles. The second-order valence-electron chi connectivity index (χ2n) is 6.00. The summed E-state index contributed by atoms with van der Waals surface area (Å²) in [6.45, 7) is 1.02. The monoisotopic (exact) mass is 237 g/mol. The van der Waals surface area contributed by atoms with Gasteiger partial charge in [-0.1, -0.05) is 12.8 Å². The molecule has 3 heteroatoms. The number of carbonyl (C=O) groups excluding carboxylic acids is 1. The van der Waals surface area contributed by atoms with E-state index in [1.807, 2.05) is 4.90 Å². The Kier molecular flexibility index (Phi) is 3.12. The molecule has 2 aliphatic carbocycles. The molecule has 0 aromatic carbocycles. The Morgan fingerprint density at radius 3 is 2.35 bits per heavy atom. The highest BCUT2D eigenvalue weighted by atomic mass is 16.3. The fourth-order valence-corrected chi connectivity index (χ4v) is 4.03. The molecule has 1 heterocycles. The summed E-state index contributed by atoms with van der Waals surface area (Å²) in [5.41, 5.74) is 0. The number of amides is 1. The van der Waals surface area contributed by atoms with Crippen LogP contribution in [0.4, 0.5) is 0 Å². The Balaban J connectivity index is 1.65. The van der Waals surface area contributed by atoms with Crippen molar-refractivity contribution < 1.29 is 9.90 Å². The van der Waals surface area contributed by atoms with Gasteiger partial charge in [-0.15, -0.1) is 0 Å². The van der Waals surface area contributed by atoms with Crippen LogP contribution in [0.3, 0.4) is 0 Å². The van der Waals surface area contributed by atoms with Crippen LogP contribution in [0.2, 0.25) is 0 Å². The Bertz CT molecular complexity index is 293. The van der Waals surface area contributed by atoms with Gasteiger partial charge in [0.2, 0.25) is 5.91 Å². The van der Waals surface area contributed by atoms with Crippen molar-refractivity contribution in [1.29, 1.82) is 0 Å². The van der Waals surface area contributed by atoms with Gasteiger partial charge < -0.3 is 10.0 Å². The first kappa shape index (κ1) is 11.5. The number of aliphatic hydroxyl groups excluding tert-OH is 1. The zero-order valence-corrected chi connectivity index (χ0v) is 10.5. The molecule has 0 bridgehead atoms. The zero-order chi connectivity index (χ0) is 11.8. The Labute approximate surface area is 103 Å². The second-order valence-corrected chi connectivity index (χ2v) is 6.00. The van der Waals surface area contributed by atoms with E-state index in [9.17, 15) is 9.90 Å². The van der Waals surface area contributed by atoms with Crippen LogP contribution in [-0.2, 0) is 4.79 Å². The standard InChI is InChI=1S/C14H23NO2/c16-9-10-5-3-4-8-15(10)14(17)13-11-6-1-2-7-12(11)13/h10-13,16H,1-9H2. The highest BCUT2D eigenvalue weighted by Crippen LogP contribution is 2.56. The summed E-state index contributed by atoms with van der Waals surface area (Å²) in [7, 11) is 0. The number of rotatable bonds is 2. The third-order valence-corrected chi connectivity index (χ3v) is 5.06. The summed E-state index contributed by atoms with van der Waals surface area (Å²) in [6.07, 6.45) is 8.42. The lowest BCUT2D eigenvalue weighted by atomic mass is 10.0. The SMILES string of the molecule is O=C(C1C2CCCCC21)N1CCCCC1CO. The van der Waals surface area contributed by atoms with Crippen LogP contribution in [0, 0.1) is 17.8 Å². The van der Waals surface area contributed by atoms with Crippen molar-refractivity contribution in [3.05, 3.63) is 0 Å². The first-order valence-electron chi connectivity index (χ1n) is 7.24. The first-order valence-corrected chi connectivity index (χ1v) is 7.24. The fourth-order valence-electron chi connectivity index (χ4n) is 4.03. The van der Waals surface area contributed by atoms with Crippen LogP contribution in [0.5, 0.6) is 0 Å². The molecule has 0 aromatic rings. The smallest absolute Gasteiger partial charge is 0.226 e. The lowest BCUT2D eigenvalue weighted by Gasteiger charge is -2.35. The van der Waals surface area contributed by atoms with Gasteiger partial charge in [0.25, 0.3) is 0 Å². The number of likely N-dealkylation sites (tertiary alicyclic amines) is 1. The van der Waals surface area contributed by atoms with Crippen LogP contribution in [0.1, 0.15) is 44.9 Å². The quantitative estimate of drug-likeness (QED) is 0.795. The van der Waals surface area contributed by atoms with Gasteiger partial charge in [-0.3, -0.25) is 4.79 Å². The summed E-state index contributed by atoms with van der Waals surface area (Å²) < 4.78 is 0. The molecule has 3 atom stereocenters. The number of aliphatic hydroxyl groups is 1. The summed E-state index contributed by atoms with van der Waals surface area (Å²) in [6, 6.07) is 0.110. The average Bonchev–Trinajstić information content (AvgIpc) is 3.12. The molecule has 2 saturated carbocycles. The fraction of sp³-hybridized carbons (Fsp3) is 0.929. The molecular weight excluding hydrogens is 214 g/mol. The third kappa shape index (κ3) is 1.99. The highest BCUT2D eigenvalue weighted by Gasteiger charge is 2.56. The van der Waals surface area contributed by atoms with Crippen molar-refractivity contribution in [3.8, 4) is 0 Å². The van der Waals surface area contributed by atoms with Crippen molar-refractivity contribution in [2.45, 2.75) is 51.0 Å². The lowest BCUT2D eigenvalue weighted by molar-refractivity contribution is -0.138. The van der Waals surface area contributed by atoms with Gasteiger partial charge >= 0.3 is 0 Å². The van der Waals surface area contributed by atoms with E-state index in [2.05, 4.69) is 0 Å². The number of hydrogen-bond donors (Lipinski definition) is 1. The number of piperidine rings is 1. The molecule has 1 N–H and O–H groups in total. The van der Waals surface area contributed by atoms with Crippen LogP contribution in [0.15, 0.2) is 0 Å².